The number of carbonyl (C=O) groups is 2. The Hall–Kier alpha value is -2.37. The number of benzene rings is 2. The first-order valence-corrected chi connectivity index (χ1v) is 11.3. The first-order chi connectivity index (χ1) is 14.9. The van der Waals surface area contributed by atoms with Crippen LogP contribution in [0.4, 0.5) is 0 Å². The van der Waals surface area contributed by atoms with Crippen LogP contribution in [-0.2, 0) is 11.3 Å². The lowest BCUT2D eigenvalue weighted by Crippen LogP contribution is -2.41. The number of nitrogens with two attached hydrogens (primary N) is 1. The van der Waals surface area contributed by atoms with Crippen LogP contribution < -0.4 is 5.73 Å². The standard InChI is InChI=1S/C25H29ClN3O2/c26-21-9-7-19(8-10-21)17-29-18-25(16-23(29)30)11-14-28(15-12-25)13-3-5-20-4-1-2-6-22(20)24(27)31/h1-2,4-10H,3,11-18H2,(H2,27,31). The highest BCUT2D eigenvalue weighted by Crippen LogP contribution is 2.41. The number of hydrogen-bond acceptors (Lipinski definition) is 3. The molecule has 0 atom stereocenters. The van der Waals surface area contributed by atoms with Crippen molar-refractivity contribution in [3.05, 3.63) is 76.7 Å². The van der Waals surface area contributed by atoms with Crippen LogP contribution in [0.15, 0.2) is 48.5 Å². The smallest absolute Gasteiger partial charge is 0.248 e. The van der Waals surface area contributed by atoms with Gasteiger partial charge in [0.25, 0.3) is 0 Å². The summed E-state index contributed by atoms with van der Waals surface area (Å²) in [6, 6.07) is 15.2. The zero-order valence-electron chi connectivity index (χ0n) is 17.7. The third kappa shape index (κ3) is 5.28. The molecule has 5 nitrogen and oxygen atoms in total. The highest BCUT2D eigenvalue weighted by atomic mass is 35.5. The van der Waals surface area contributed by atoms with Crippen LogP contribution in [0, 0.1) is 11.8 Å². The van der Waals surface area contributed by atoms with Crippen molar-refractivity contribution in [2.24, 2.45) is 11.1 Å². The van der Waals surface area contributed by atoms with Crippen molar-refractivity contribution in [1.29, 1.82) is 0 Å². The number of likely N-dealkylation sites (tertiary alicyclic amines) is 2. The summed E-state index contributed by atoms with van der Waals surface area (Å²) in [6.07, 6.45) is 5.73. The Morgan fingerprint density at radius 2 is 1.81 bits per heavy atom. The van der Waals surface area contributed by atoms with Gasteiger partial charge in [0.05, 0.1) is 0 Å². The molecule has 2 aromatic carbocycles. The summed E-state index contributed by atoms with van der Waals surface area (Å²) in [4.78, 5) is 28.7. The predicted octanol–water partition coefficient (Wildman–Crippen LogP) is 3.90. The van der Waals surface area contributed by atoms with Gasteiger partial charge < -0.3 is 15.5 Å². The molecule has 2 N–H and O–H groups in total. The molecule has 1 spiro atoms. The molecule has 4 rings (SSSR count). The first-order valence-electron chi connectivity index (χ1n) is 10.9. The first kappa shape index (κ1) is 21.8. The highest BCUT2D eigenvalue weighted by Gasteiger charge is 2.44. The fourth-order valence-corrected chi connectivity index (χ4v) is 4.95. The van der Waals surface area contributed by atoms with Gasteiger partial charge in [-0.2, -0.15) is 0 Å². The van der Waals surface area contributed by atoms with E-state index in [-0.39, 0.29) is 17.2 Å². The number of primary amides is 1. The molecule has 0 unspecified atom stereocenters. The third-order valence-corrected chi connectivity index (χ3v) is 6.90. The van der Waals surface area contributed by atoms with Crippen molar-refractivity contribution in [2.45, 2.75) is 32.2 Å². The van der Waals surface area contributed by atoms with Gasteiger partial charge in [-0.3, -0.25) is 9.59 Å². The molecule has 0 saturated carbocycles. The molecule has 6 heteroatoms. The molecule has 31 heavy (non-hydrogen) atoms. The summed E-state index contributed by atoms with van der Waals surface area (Å²) >= 11 is 5.97. The Labute approximate surface area is 189 Å². The number of halogens is 1. The van der Waals surface area contributed by atoms with Crippen LogP contribution in [0.3, 0.4) is 0 Å². The van der Waals surface area contributed by atoms with E-state index in [1.807, 2.05) is 47.4 Å². The van der Waals surface area contributed by atoms with E-state index < -0.39 is 0 Å². The number of hydrogen-bond donors (Lipinski definition) is 1. The van der Waals surface area contributed by atoms with Crippen molar-refractivity contribution >= 4 is 23.4 Å². The molecule has 0 aliphatic carbocycles. The van der Waals surface area contributed by atoms with Gasteiger partial charge in [0.1, 0.15) is 0 Å². The molecular weight excluding hydrogens is 410 g/mol. The van der Waals surface area contributed by atoms with E-state index in [0.29, 0.717) is 18.5 Å². The largest absolute Gasteiger partial charge is 0.366 e. The highest BCUT2D eigenvalue weighted by molar-refractivity contribution is 6.30. The van der Waals surface area contributed by atoms with Gasteiger partial charge in [-0.1, -0.05) is 41.9 Å². The number of piperidine rings is 1. The minimum absolute atomic E-state index is 0.113. The van der Waals surface area contributed by atoms with Crippen LogP contribution in [0.2, 0.25) is 5.02 Å². The van der Waals surface area contributed by atoms with E-state index in [1.54, 1.807) is 6.07 Å². The molecule has 2 aliphatic heterocycles. The average Bonchev–Trinajstić information content (AvgIpc) is 3.06. The minimum Gasteiger partial charge on any atom is -0.366 e. The molecular formula is C25H29ClN3O2. The Kier molecular flexibility index (Phi) is 6.63. The van der Waals surface area contributed by atoms with Gasteiger partial charge >= 0.3 is 0 Å². The van der Waals surface area contributed by atoms with Gasteiger partial charge in [0, 0.05) is 30.1 Å². The molecule has 2 fully saturated rings. The van der Waals surface area contributed by atoms with Gasteiger partial charge in [-0.25, -0.2) is 0 Å². The van der Waals surface area contributed by atoms with E-state index in [2.05, 4.69) is 11.3 Å². The average molecular weight is 439 g/mol. The summed E-state index contributed by atoms with van der Waals surface area (Å²) < 4.78 is 0. The summed E-state index contributed by atoms with van der Waals surface area (Å²) in [5.74, 6) is -0.124. The Balaban J connectivity index is 1.25. The maximum atomic E-state index is 12.7. The summed E-state index contributed by atoms with van der Waals surface area (Å²) in [6.45, 7) is 4.47. The Morgan fingerprint density at radius 3 is 2.52 bits per heavy atom. The lowest BCUT2D eigenvalue weighted by molar-refractivity contribution is -0.128. The molecule has 0 bridgehead atoms. The van der Waals surface area contributed by atoms with E-state index in [9.17, 15) is 9.59 Å². The maximum Gasteiger partial charge on any atom is 0.248 e. The fourth-order valence-electron chi connectivity index (χ4n) is 4.82. The van der Waals surface area contributed by atoms with E-state index in [4.69, 9.17) is 17.3 Å². The molecule has 2 aliphatic rings. The number of rotatable bonds is 7. The van der Waals surface area contributed by atoms with Crippen molar-refractivity contribution in [3.63, 3.8) is 0 Å². The van der Waals surface area contributed by atoms with Crippen LogP contribution in [0.1, 0.15) is 47.2 Å². The normalized spacial score (nSPS) is 18.6. The van der Waals surface area contributed by atoms with Gasteiger partial charge in [-0.05, 0) is 80.1 Å². The topological polar surface area (TPSA) is 66.6 Å². The summed E-state index contributed by atoms with van der Waals surface area (Å²) in [7, 11) is 0. The van der Waals surface area contributed by atoms with Crippen LogP contribution in [0.5, 0.6) is 0 Å². The van der Waals surface area contributed by atoms with Gasteiger partial charge in [0.2, 0.25) is 11.8 Å². The minimum atomic E-state index is -0.388. The van der Waals surface area contributed by atoms with Crippen molar-refractivity contribution in [3.8, 4) is 0 Å². The molecule has 0 aromatic heterocycles. The quantitative estimate of drug-likeness (QED) is 0.713. The SMILES string of the molecule is NC(=O)c1ccccc1[CH]CCN1CCC2(CC1)CC(=O)N(Cc1ccc(Cl)cc1)C2. The Bertz CT molecular complexity index is 936. The van der Waals surface area contributed by atoms with Crippen LogP contribution >= 0.6 is 11.6 Å². The zero-order chi connectivity index (χ0) is 21.8. The lowest BCUT2D eigenvalue weighted by Gasteiger charge is -2.38. The van der Waals surface area contributed by atoms with Crippen molar-refractivity contribution in [2.75, 3.05) is 26.2 Å². The number of amides is 2. The third-order valence-electron chi connectivity index (χ3n) is 6.64. The predicted molar refractivity (Wildman–Crippen MR) is 123 cm³/mol. The summed E-state index contributed by atoms with van der Waals surface area (Å²) in [5, 5.41) is 0.718. The second-order valence-corrected chi connectivity index (χ2v) is 9.28. The van der Waals surface area contributed by atoms with Crippen LogP contribution in [-0.4, -0.2) is 47.8 Å². The molecule has 1 radical (unpaired) electrons. The summed E-state index contributed by atoms with van der Waals surface area (Å²) in [5.41, 5.74) is 8.18. The van der Waals surface area contributed by atoms with Crippen molar-refractivity contribution < 1.29 is 9.59 Å². The fraction of sp³-hybridized carbons (Fsp3) is 0.400. The number of carbonyl (C=O) groups excluding carboxylic acids is 2. The van der Waals surface area contributed by atoms with Gasteiger partial charge in [0.15, 0.2) is 0 Å². The van der Waals surface area contributed by atoms with Gasteiger partial charge in [-0.15, -0.1) is 0 Å². The Morgan fingerprint density at radius 1 is 1.10 bits per heavy atom. The molecule has 2 saturated heterocycles. The second kappa shape index (κ2) is 9.41. The van der Waals surface area contributed by atoms with E-state index >= 15 is 0 Å². The number of nitrogens with zero attached hydrogens (tertiary/aromatic N) is 2. The molecule has 2 amide bonds. The van der Waals surface area contributed by atoms with E-state index in [1.165, 1.54) is 0 Å². The second-order valence-electron chi connectivity index (χ2n) is 8.84. The lowest BCUT2D eigenvalue weighted by atomic mass is 9.77. The molecule has 163 valence electrons. The maximum absolute atomic E-state index is 12.7. The van der Waals surface area contributed by atoms with Crippen LogP contribution in [0.25, 0.3) is 0 Å². The monoisotopic (exact) mass is 438 g/mol. The zero-order valence-corrected chi connectivity index (χ0v) is 18.5. The molecule has 2 heterocycles. The van der Waals surface area contributed by atoms with Crippen molar-refractivity contribution in [1.82, 2.24) is 9.80 Å². The van der Waals surface area contributed by atoms with E-state index in [0.717, 1.165) is 61.6 Å². The molecule has 2 aromatic rings.